The van der Waals surface area contributed by atoms with Crippen LogP contribution >= 0.6 is 23.2 Å². The summed E-state index contributed by atoms with van der Waals surface area (Å²) in [6.45, 7) is 8.46. The van der Waals surface area contributed by atoms with Crippen LogP contribution in [0.2, 0.25) is 10.0 Å². The third-order valence-corrected chi connectivity index (χ3v) is 7.77. The first-order valence-electron chi connectivity index (χ1n) is 12.2. The molecule has 3 heterocycles. The number of benzene rings is 2. The third-order valence-electron chi connectivity index (χ3n) is 6.96. The van der Waals surface area contributed by atoms with Gasteiger partial charge in [-0.3, -0.25) is 9.69 Å². The molecule has 1 aromatic heterocycles. The van der Waals surface area contributed by atoms with Gasteiger partial charge in [-0.1, -0.05) is 47.5 Å². The summed E-state index contributed by atoms with van der Waals surface area (Å²) in [6, 6.07) is 16.1. The van der Waals surface area contributed by atoms with Gasteiger partial charge in [0.2, 0.25) is 0 Å². The molecule has 2 aliphatic rings. The molecule has 1 N–H and O–H groups in total. The van der Waals surface area contributed by atoms with E-state index in [0.717, 1.165) is 80.4 Å². The first-order chi connectivity index (χ1) is 17.0. The highest BCUT2D eigenvalue weighted by Gasteiger charge is 2.29. The van der Waals surface area contributed by atoms with Crippen LogP contribution in [0.4, 0.5) is 11.5 Å². The average Bonchev–Trinajstić information content (AvgIpc) is 3.24. The van der Waals surface area contributed by atoms with Crippen molar-refractivity contribution in [3.63, 3.8) is 0 Å². The standard InChI is InChI=1S/C27H31Cl2N5O/c1-20-18-34(21-8-3-2-4-9-21)27-24(20)26(35)30-19-33(27)13-6-5-12-31-14-16-32(17-15-31)23-11-7-10-22(28)25(23)29/h2-4,7-11,18H,5-6,12-17,19H2,1H3,(H,30,35). The molecule has 8 heteroatoms. The van der Waals surface area contributed by atoms with E-state index in [1.165, 1.54) is 0 Å². The van der Waals surface area contributed by atoms with E-state index in [9.17, 15) is 4.79 Å². The summed E-state index contributed by atoms with van der Waals surface area (Å²) in [5.74, 6) is 1.02. The number of halogens is 2. The Hall–Kier alpha value is -2.67. The van der Waals surface area contributed by atoms with Gasteiger partial charge in [0.25, 0.3) is 5.91 Å². The Balaban J connectivity index is 1.16. The first kappa shape index (κ1) is 24.0. The zero-order chi connectivity index (χ0) is 24.4. The molecular formula is C27H31Cl2N5O. The highest BCUT2D eigenvalue weighted by Crippen LogP contribution is 2.33. The number of hydrogen-bond acceptors (Lipinski definition) is 4. The lowest BCUT2D eigenvalue weighted by Crippen LogP contribution is -2.47. The number of fused-ring (bicyclic) bond motifs is 1. The fourth-order valence-corrected chi connectivity index (χ4v) is 5.51. The van der Waals surface area contributed by atoms with Crippen LogP contribution in [0.1, 0.15) is 28.8 Å². The Morgan fingerprint density at radius 2 is 1.66 bits per heavy atom. The van der Waals surface area contributed by atoms with Gasteiger partial charge in [0.05, 0.1) is 28.0 Å². The van der Waals surface area contributed by atoms with Crippen LogP contribution < -0.4 is 15.1 Å². The van der Waals surface area contributed by atoms with E-state index in [1.807, 2.05) is 43.3 Å². The predicted molar refractivity (Wildman–Crippen MR) is 145 cm³/mol. The van der Waals surface area contributed by atoms with Gasteiger partial charge in [-0.2, -0.15) is 0 Å². The topological polar surface area (TPSA) is 43.8 Å². The van der Waals surface area contributed by atoms with Crippen LogP contribution in [0.15, 0.2) is 54.7 Å². The summed E-state index contributed by atoms with van der Waals surface area (Å²) in [5.41, 5.74) is 3.90. The number of anilines is 2. The Labute approximate surface area is 217 Å². The fraction of sp³-hybridized carbons (Fsp3) is 0.370. The lowest BCUT2D eigenvalue weighted by Gasteiger charge is -2.37. The molecule has 35 heavy (non-hydrogen) atoms. The van der Waals surface area contributed by atoms with Crippen LogP contribution in [0, 0.1) is 6.92 Å². The minimum absolute atomic E-state index is 0.0149. The number of unbranched alkanes of at least 4 members (excludes halogenated alkanes) is 1. The molecule has 1 fully saturated rings. The lowest BCUT2D eigenvalue weighted by atomic mass is 10.1. The molecule has 0 radical (unpaired) electrons. The van der Waals surface area contributed by atoms with E-state index in [2.05, 4.69) is 42.9 Å². The molecule has 2 aromatic carbocycles. The molecule has 1 saturated heterocycles. The number of carbonyl (C=O) groups excluding carboxylic acids is 1. The molecule has 184 valence electrons. The van der Waals surface area contributed by atoms with E-state index in [1.54, 1.807) is 0 Å². The number of aromatic nitrogens is 1. The van der Waals surface area contributed by atoms with Crippen molar-refractivity contribution in [2.24, 2.45) is 0 Å². The van der Waals surface area contributed by atoms with Gasteiger partial charge in [-0.15, -0.1) is 0 Å². The van der Waals surface area contributed by atoms with Crippen LogP contribution in [-0.4, -0.2) is 61.3 Å². The van der Waals surface area contributed by atoms with Gasteiger partial charge in [-0.05, 0) is 56.1 Å². The van der Waals surface area contributed by atoms with Gasteiger partial charge in [0.1, 0.15) is 5.82 Å². The van der Waals surface area contributed by atoms with Crippen LogP contribution in [0.25, 0.3) is 5.69 Å². The van der Waals surface area contributed by atoms with Crippen molar-refractivity contribution in [2.75, 3.05) is 55.7 Å². The number of piperazine rings is 1. The maximum Gasteiger partial charge on any atom is 0.256 e. The highest BCUT2D eigenvalue weighted by atomic mass is 35.5. The summed E-state index contributed by atoms with van der Waals surface area (Å²) >= 11 is 12.6. The molecule has 0 saturated carbocycles. The van der Waals surface area contributed by atoms with Crippen LogP contribution in [-0.2, 0) is 0 Å². The molecule has 0 atom stereocenters. The van der Waals surface area contributed by atoms with Crippen molar-refractivity contribution in [1.82, 2.24) is 14.8 Å². The molecule has 5 rings (SSSR count). The molecule has 6 nitrogen and oxygen atoms in total. The minimum atomic E-state index is 0.0149. The van der Waals surface area contributed by atoms with Crippen molar-refractivity contribution in [3.8, 4) is 5.69 Å². The van der Waals surface area contributed by atoms with Crippen molar-refractivity contribution < 1.29 is 4.79 Å². The summed E-state index contributed by atoms with van der Waals surface area (Å²) in [7, 11) is 0. The number of nitrogens with zero attached hydrogens (tertiary/aromatic N) is 4. The van der Waals surface area contributed by atoms with Crippen molar-refractivity contribution in [1.29, 1.82) is 0 Å². The van der Waals surface area contributed by atoms with E-state index >= 15 is 0 Å². The molecule has 1 amide bonds. The summed E-state index contributed by atoms with van der Waals surface area (Å²) in [4.78, 5) is 19.8. The number of aryl methyl sites for hydroxylation is 1. The quantitative estimate of drug-likeness (QED) is 0.442. The largest absolute Gasteiger partial charge is 0.368 e. The predicted octanol–water partition coefficient (Wildman–Crippen LogP) is 5.20. The van der Waals surface area contributed by atoms with E-state index in [-0.39, 0.29) is 5.91 Å². The first-order valence-corrected chi connectivity index (χ1v) is 13.0. The maximum atomic E-state index is 12.6. The second-order valence-corrected chi connectivity index (χ2v) is 10.0. The number of rotatable bonds is 7. The van der Waals surface area contributed by atoms with Gasteiger partial charge >= 0.3 is 0 Å². The Morgan fingerprint density at radius 3 is 2.43 bits per heavy atom. The number of hydrogen-bond donors (Lipinski definition) is 1. The zero-order valence-corrected chi connectivity index (χ0v) is 21.5. The summed E-state index contributed by atoms with van der Waals surface area (Å²) < 4.78 is 2.16. The monoisotopic (exact) mass is 511 g/mol. The van der Waals surface area contributed by atoms with Crippen LogP contribution in [0.3, 0.4) is 0 Å². The number of para-hydroxylation sites is 1. The number of carbonyl (C=O) groups is 1. The van der Waals surface area contributed by atoms with Crippen molar-refractivity contribution in [3.05, 3.63) is 75.9 Å². The molecule has 3 aromatic rings. The van der Waals surface area contributed by atoms with Gasteiger partial charge in [0, 0.05) is 44.6 Å². The number of amides is 1. The maximum absolute atomic E-state index is 12.6. The summed E-state index contributed by atoms with van der Waals surface area (Å²) in [6.07, 6.45) is 4.25. The van der Waals surface area contributed by atoms with Gasteiger partial charge in [-0.25, -0.2) is 0 Å². The lowest BCUT2D eigenvalue weighted by molar-refractivity contribution is 0.0947. The fourth-order valence-electron chi connectivity index (χ4n) is 5.10. The molecule has 0 aliphatic carbocycles. The molecule has 2 aliphatic heterocycles. The van der Waals surface area contributed by atoms with E-state index in [4.69, 9.17) is 23.2 Å². The Kier molecular flexibility index (Phi) is 7.23. The zero-order valence-electron chi connectivity index (χ0n) is 20.0. The Morgan fingerprint density at radius 1 is 0.914 bits per heavy atom. The van der Waals surface area contributed by atoms with Gasteiger partial charge < -0.3 is 19.7 Å². The Bertz CT molecular complexity index is 1190. The molecular weight excluding hydrogens is 481 g/mol. The molecule has 0 spiro atoms. The van der Waals surface area contributed by atoms with E-state index in [0.29, 0.717) is 16.7 Å². The van der Waals surface area contributed by atoms with Crippen molar-refractivity contribution in [2.45, 2.75) is 19.8 Å². The smallest absolute Gasteiger partial charge is 0.256 e. The second-order valence-electron chi connectivity index (χ2n) is 9.25. The highest BCUT2D eigenvalue weighted by molar-refractivity contribution is 6.43. The van der Waals surface area contributed by atoms with E-state index < -0.39 is 0 Å². The molecule has 0 unspecified atom stereocenters. The molecule has 0 bridgehead atoms. The number of nitrogens with one attached hydrogen (secondary N) is 1. The van der Waals surface area contributed by atoms with Crippen LogP contribution in [0.5, 0.6) is 0 Å². The summed E-state index contributed by atoms with van der Waals surface area (Å²) in [5, 5.41) is 4.30. The average molecular weight is 512 g/mol. The van der Waals surface area contributed by atoms with Gasteiger partial charge in [0.15, 0.2) is 0 Å². The minimum Gasteiger partial charge on any atom is -0.368 e. The normalized spacial score (nSPS) is 16.4. The second kappa shape index (κ2) is 10.5. The third kappa shape index (κ3) is 5.01. The van der Waals surface area contributed by atoms with Crippen molar-refractivity contribution >= 4 is 40.6 Å². The SMILES string of the molecule is Cc1cn(-c2ccccc2)c2c1C(=O)NCN2CCCCN1CCN(c2cccc(Cl)c2Cl)CC1.